The van der Waals surface area contributed by atoms with E-state index < -0.39 is 52.5 Å². The topological polar surface area (TPSA) is 152 Å². The molecule has 0 spiro atoms. The van der Waals surface area contributed by atoms with Crippen LogP contribution in [-0.2, 0) is 9.53 Å². The SMILES string of the molecule is C=C[C@]1(C)C[C@@H](OC(=O)NC(=O)c2ccc(N)nc2)[C@]2(C)C(C)CC[C@]3(C[C@H](O)C(=O)C32)[C@@H](C)[C@@H]1O.[HH]. The molecule has 0 aromatic carbocycles. The van der Waals surface area contributed by atoms with E-state index >= 15 is 0 Å². The number of rotatable bonds is 3. The van der Waals surface area contributed by atoms with Gasteiger partial charge in [0.05, 0.1) is 11.7 Å². The molecule has 0 aliphatic heterocycles. The van der Waals surface area contributed by atoms with Crippen LogP contribution < -0.4 is 11.1 Å². The second-order valence-corrected chi connectivity index (χ2v) is 11.6. The van der Waals surface area contributed by atoms with Crippen molar-refractivity contribution in [2.75, 3.05) is 5.73 Å². The van der Waals surface area contributed by atoms with E-state index in [2.05, 4.69) is 16.9 Å². The van der Waals surface area contributed by atoms with E-state index in [1.807, 2.05) is 27.7 Å². The number of ether oxygens (including phenoxy) is 1. The summed E-state index contributed by atoms with van der Waals surface area (Å²) in [5.41, 5.74) is 3.42. The number of amides is 2. The molecule has 0 radical (unpaired) electrons. The molecular formula is C27H39N3O6. The molecule has 2 unspecified atom stereocenters. The quantitative estimate of drug-likeness (QED) is 0.461. The number of nitrogen functional groups attached to an aromatic ring is 1. The van der Waals surface area contributed by atoms with Crippen molar-refractivity contribution in [3.8, 4) is 0 Å². The van der Waals surface area contributed by atoms with Crippen molar-refractivity contribution in [2.24, 2.45) is 34.0 Å². The van der Waals surface area contributed by atoms with Gasteiger partial charge in [-0.2, -0.15) is 0 Å². The lowest BCUT2D eigenvalue weighted by Crippen LogP contribution is -2.63. The molecule has 1 aromatic heterocycles. The van der Waals surface area contributed by atoms with Gasteiger partial charge < -0.3 is 20.7 Å². The molecule has 9 nitrogen and oxygen atoms in total. The van der Waals surface area contributed by atoms with E-state index in [-0.39, 0.29) is 43.3 Å². The van der Waals surface area contributed by atoms with E-state index in [0.717, 1.165) is 6.42 Å². The second-order valence-electron chi connectivity index (χ2n) is 11.6. The standard InChI is InChI=1S/C27H37N3O6.H2/c1-6-25(4)12-18(36-24(35)30-23(34)16-7-8-19(28)29-13-16)26(5)14(2)9-10-27(15(3)22(25)33)11-17(31)20(32)21(26)27;/h6-8,13-15,17-18,21-22,31,33H,1,9-12H2,2-5H3,(H2,28,29)(H,30,34,35);1H/t14?,15-,17-,18+,21?,22-,25+,26-,27-;/m0./s1. The van der Waals surface area contributed by atoms with Crippen LogP contribution in [0.1, 0.15) is 65.2 Å². The minimum atomic E-state index is -1.13. The maximum absolute atomic E-state index is 13.5. The number of imide groups is 1. The van der Waals surface area contributed by atoms with E-state index in [1.54, 1.807) is 6.08 Å². The number of alkyl carbamates (subject to hydrolysis) is 1. The van der Waals surface area contributed by atoms with E-state index in [9.17, 15) is 24.6 Å². The number of Topliss-reactive ketones (excluding diaryl/α,β-unsaturated/α-hetero) is 1. The van der Waals surface area contributed by atoms with Gasteiger partial charge in [-0.3, -0.25) is 14.9 Å². The average molecular weight is 502 g/mol. The van der Waals surface area contributed by atoms with E-state index in [1.165, 1.54) is 18.3 Å². The van der Waals surface area contributed by atoms with Crippen molar-refractivity contribution < 1.29 is 30.8 Å². The minimum absolute atomic E-state index is 0. The number of carbonyl (C=O) groups excluding carboxylic acids is 3. The fraction of sp³-hybridized carbons (Fsp3) is 0.630. The summed E-state index contributed by atoms with van der Waals surface area (Å²) in [6.07, 6.45) is 1.09. The predicted molar refractivity (Wildman–Crippen MR) is 135 cm³/mol. The van der Waals surface area contributed by atoms with Crippen LogP contribution in [-0.4, -0.2) is 51.3 Å². The molecule has 2 amide bonds. The highest BCUT2D eigenvalue weighted by Gasteiger charge is 2.70. The number of hydrogen-bond donors (Lipinski definition) is 4. The van der Waals surface area contributed by atoms with Gasteiger partial charge in [0.25, 0.3) is 5.91 Å². The number of nitrogens with one attached hydrogen (secondary N) is 1. The number of aromatic nitrogens is 1. The number of hydrogen-bond acceptors (Lipinski definition) is 8. The lowest BCUT2D eigenvalue weighted by molar-refractivity contribution is -0.191. The van der Waals surface area contributed by atoms with Crippen molar-refractivity contribution in [1.29, 1.82) is 0 Å². The molecule has 198 valence electrons. The van der Waals surface area contributed by atoms with Crippen LogP contribution in [0.3, 0.4) is 0 Å². The van der Waals surface area contributed by atoms with Gasteiger partial charge in [0.2, 0.25) is 0 Å². The van der Waals surface area contributed by atoms with E-state index in [4.69, 9.17) is 10.5 Å². The maximum Gasteiger partial charge on any atom is 0.414 e. The Morgan fingerprint density at radius 2 is 1.97 bits per heavy atom. The summed E-state index contributed by atoms with van der Waals surface area (Å²) in [6, 6.07) is 2.90. The third-order valence-corrected chi connectivity index (χ3v) is 9.84. The van der Waals surface area contributed by atoms with Crippen molar-refractivity contribution >= 4 is 23.6 Å². The molecule has 5 N–H and O–H groups in total. The molecule has 36 heavy (non-hydrogen) atoms. The van der Waals surface area contributed by atoms with Crippen LogP contribution in [0.4, 0.5) is 10.6 Å². The zero-order valence-corrected chi connectivity index (χ0v) is 21.4. The fourth-order valence-electron chi connectivity index (χ4n) is 7.35. The lowest BCUT2D eigenvalue weighted by atomic mass is 9.44. The molecule has 3 aliphatic rings. The highest BCUT2D eigenvalue weighted by atomic mass is 16.6. The first-order valence-electron chi connectivity index (χ1n) is 12.6. The van der Waals surface area contributed by atoms with Gasteiger partial charge in [-0.05, 0) is 55.1 Å². The highest BCUT2D eigenvalue weighted by Crippen LogP contribution is 2.67. The lowest BCUT2D eigenvalue weighted by Gasteiger charge is -2.61. The summed E-state index contributed by atoms with van der Waals surface area (Å²) in [6.45, 7) is 11.8. The molecule has 9 heteroatoms. The van der Waals surface area contributed by atoms with Gasteiger partial charge in [0, 0.05) is 24.4 Å². The molecule has 2 bridgehead atoms. The van der Waals surface area contributed by atoms with Gasteiger partial charge in [-0.15, -0.1) is 6.58 Å². The Morgan fingerprint density at radius 3 is 2.58 bits per heavy atom. The number of pyridine rings is 1. The van der Waals surface area contributed by atoms with Crippen LogP contribution in [0.2, 0.25) is 0 Å². The average Bonchev–Trinajstić information content (AvgIpc) is 3.11. The van der Waals surface area contributed by atoms with Gasteiger partial charge in [0.1, 0.15) is 18.0 Å². The smallest absolute Gasteiger partial charge is 0.414 e. The van der Waals surface area contributed by atoms with Crippen molar-refractivity contribution in [3.63, 3.8) is 0 Å². The highest BCUT2D eigenvalue weighted by molar-refractivity contribution is 6.02. The number of aliphatic hydroxyl groups excluding tert-OH is 2. The molecule has 3 saturated carbocycles. The summed E-state index contributed by atoms with van der Waals surface area (Å²) in [4.78, 5) is 43.0. The predicted octanol–water partition coefficient (Wildman–Crippen LogP) is 3.11. The van der Waals surface area contributed by atoms with Crippen molar-refractivity contribution in [2.45, 2.75) is 71.7 Å². The zero-order chi connectivity index (χ0) is 26.6. The molecular weight excluding hydrogens is 462 g/mol. The Morgan fingerprint density at radius 1 is 1.28 bits per heavy atom. The first kappa shape index (κ1) is 26.3. The number of anilines is 1. The number of aliphatic hydroxyl groups is 2. The van der Waals surface area contributed by atoms with E-state index in [0.29, 0.717) is 6.42 Å². The monoisotopic (exact) mass is 501 g/mol. The molecule has 3 fully saturated rings. The first-order chi connectivity index (χ1) is 16.8. The summed E-state index contributed by atoms with van der Waals surface area (Å²) >= 11 is 0. The van der Waals surface area contributed by atoms with Crippen LogP contribution in [0, 0.1) is 34.0 Å². The summed E-state index contributed by atoms with van der Waals surface area (Å²) in [5.74, 6) is -1.61. The third kappa shape index (κ3) is 3.84. The number of nitrogens with two attached hydrogens (primary N) is 1. The molecule has 1 aromatic rings. The largest absolute Gasteiger partial charge is 0.445 e. The van der Waals surface area contributed by atoms with Crippen LogP contribution in [0.25, 0.3) is 0 Å². The molecule has 4 rings (SSSR count). The van der Waals surface area contributed by atoms with Crippen molar-refractivity contribution in [3.05, 3.63) is 36.5 Å². The van der Waals surface area contributed by atoms with Gasteiger partial charge in [-0.25, -0.2) is 9.78 Å². The first-order valence-corrected chi connectivity index (χ1v) is 12.6. The summed E-state index contributed by atoms with van der Waals surface area (Å²) in [7, 11) is 0. The third-order valence-electron chi connectivity index (χ3n) is 9.84. The zero-order valence-electron chi connectivity index (χ0n) is 21.4. The molecule has 0 saturated heterocycles. The summed E-state index contributed by atoms with van der Waals surface area (Å²) in [5, 5.41) is 24.5. The van der Waals surface area contributed by atoms with Gasteiger partial charge in [-0.1, -0.05) is 33.8 Å². The van der Waals surface area contributed by atoms with Gasteiger partial charge in [0.15, 0.2) is 5.78 Å². The molecule has 9 atom stereocenters. The normalized spacial score (nSPS) is 42.0. The molecule has 3 aliphatic carbocycles. The maximum atomic E-state index is 13.5. The van der Waals surface area contributed by atoms with Crippen LogP contribution >= 0.6 is 0 Å². The number of carbonyl (C=O) groups is 3. The second kappa shape index (κ2) is 8.95. The molecule has 1 heterocycles. The Labute approximate surface area is 213 Å². The summed E-state index contributed by atoms with van der Waals surface area (Å²) < 4.78 is 5.96. The minimum Gasteiger partial charge on any atom is -0.445 e. The number of nitrogens with zero attached hydrogens (tertiary/aromatic N) is 1. The Hall–Kier alpha value is -2.78. The van der Waals surface area contributed by atoms with Gasteiger partial charge >= 0.3 is 6.09 Å². The Balaban J connectivity index is 0.00000380. The van der Waals surface area contributed by atoms with Crippen LogP contribution in [0.5, 0.6) is 0 Å². The fourth-order valence-corrected chi connectivity index (χ4v) is 7.35. The Bertz CT molecular complexity index is 1080. The van der Waals surface area contributed by atoms with Crippen molar-refractivity contribution in [1.82, 2.24) is 10.3 Å². The Kier molecular flexibility index (Phi) is 6.54. The van der Waals surface area contributed by atoms with Crippen LogP contribution in [0.15, 0.2) is 31.0 Å². The number of ketones is 1.